The lowest BCUT2D eigenvalue weighted by atomic mass is 10.3. The second-order valence-corrected chi connectivity index (χ2v) is 9.58. The summed E-state index contributed by atoms with van der Waals surface area (Å²) in [6, 6.07) is 16.7. The molecule has 0 bridgehead atoms. The first kappa shape index (κ1) is 22.6. The number of benzene rings is 2. The molecule has 0 aliphatic carbocycles. The second-order valence-electron chi connectivity index (χ2n) is 6.47. The van der Waals surface area contributed by atoms with Crippen LogP contribution in [0.15, 0.2) is 70.9 Å². The summed E-state index contributed by atoms with van der Waals surface area (Å²) in [4.78, 5) is 13.2. The van der Waals surface area contributed by atoms with Crippen molar-refractivity contribution in [3.63, 3.8) is 0 Å². The standard InChI is InChI=1S/C22H23NO6S2/c1-27-16-9-11-17(12-10-16)31(25,26)21(20-8-5-13-30-20)14-23-22(24)15-29-19-7-4-3-6-18(19)28-2/h3-13,21H,14-15H2,1-2H3,(H,23,24)/t21-/m0/s1. The highest BCUT2D eigenvalue weighted by Gasteiger charge is 2.30. The molecule has 0 saturated heterocycles. The number of amides is 1. The van der Waals surface area contributed by atoms with Crippen LogP contribution >= 0.6 is 11.3 Å². The molecule has 164 valence electrons. The summed E-state index contributed by atoms with van der Waals surface area (Å²) >= 11 is 1.32. The molecule has 1 N–H and O–H groups in total. The van der Waals surface area contributed by atoms with E-state index >= 15 is 0 Å². The zero-order valence-corrected chi connectivity index (χ0v) is 18.7. The van der Waals surface area contributed by atoms with E-state index in [1.807, 2.05) is 0 Å². The van der Waals surface area contributed by atoms with Crippen molar-refractivity contribution in [2.75, 3.05) is 27.4 Å². The monoisotopic (exact) mass is 461 g/mol. The summed E-state index contributed by atoms with van der Waals surface area (Å²) in [5.74, 6) is 1.07. The summed E-state index contributed by atoms with van der Waals surface area (Å²) in [5, 5.41) is 3.56. The maximum Gasteiger partial charge on any atom is 0.257 e. The highest BCUT2D eigenvalue weighted by atomic mass is 32.2. The molecule has 1 aromatic heterocycles. The van der Waals surface area contributed by atoms with Crippen LogP contribution in [0.2, 0.25) is 0 Å². The number of carbonyl (C=O) groups excluding carboxylic acids is 1. The summed E-state index contributed by atoms with van der Waals surface area (Å²) in [6.07, 6.45) is 0. The largest absolute Gasteiger partial charge is 0.497 e. The Morgan fingerprint density at radius 1 is 0.968 bits per heavy atom. The van der Waals surface area contributed by atoms with Crippen molar-refractivity contribution in [1.29, 1.82) is 0 Å². The number of para-hydroxylation sites is 2. The molecule has 3 aromatic rings. The van der Waals surface area contributed by atoms with E-state index < -0.39 is 21.0 Å². The molecule has 1 heterocycles. The first-order valence-corrected chi connectivity index (χ1v) is 11.8. The quantitative estimate of drug-likeness (QED) is 0.497. The normalized spacial score (nSPS) is 12.1. The number of rotatable bonds is 10. The highest BCUT2D eigenvalue weighted by Crippen LogP contribution is 2.32. The third kappa shape index (κ3) is 5.56. The number of thiophene rings is 1. The summed E-state index contributed by atoms with van der Waals surface area (Å²) in [7, 11) is -0.717. The van der Waals surface area contributed by atoms with Gasteiger partial charge in [0.05, 0.1) is 19.1 Å². The van der Waals surface area contributed by atoms with Gasteiger partial charge in [0.1, 0.15) is 11.0 Å². The average molecular weight is 462 g/mol. The van der Waals surface area contributed by atoms with Gasteiger partial charge in [0.25, 0.3) is 5.91 Å². The number of nitrogens with one attached hydrogen (secondary N) is 1. The first-order valence-electron chi connectivity index (χ1n) is 9.39. The fraction of sp³-hybridized carbons (Fsp3) is 0.227. The molecule has 1 amide bonds. The molecule has 0 aliphatic heterocycles. The number of hydrogen-bond donors (Lipinski definition) is 1. The van der Waals surface area contributed by atoms with E-state index in [1.54, 1.807) is 53.9 Å². The molecule has 0 radical (unpaired) electrons. The van der Waals surface area contributed by atoms with Gasteiger partial charge in [-0.05, 0) is 47.8 Å². The van der Waals surface area contributed by atoms with E-state index in [1.165, 1.54) is 37.7 Å². The molecular weight excluding hydrogens is 438 g/mol. The van der Waals surface area contributed by atoms with Crippen LogP contribution in [0.1, 0.15) is 10.1 Å². The van der Waals surface area contributed by atoms with Crippen LogP contribution in [0.3, 0.4) is 0 Å². The minimum absolute atomic E-state index is 0.0804. The van der Waals surface area contributed by atoms with Crippen molar-refractivity contribution in [2.45, 2.75) is 10.1 Å². The average Bonchev–Trinajstić information content (AvgIpc) is 3.32. The molecule has 0 aliphatic rings. The summed E-state index contributed by atoms with van der Waals surface area (Å²) in [5.41, 5.74) is 0. The molecule has 3 rings (SSSR count). The zero-order chi connectivity index (χ0) is 22.3. The third-order valence-electron chi connectivity index (χ3n) is 4.54. The Kier molecular flexibility index (Phi) is 7.54. The Balaban J connectivity index is 1.71. The van der Waals surface area contributed by atoms with E-state index in [0.717, 1.165) is 0 Å². The molecule has 0 unspecified atom stereocenters. The summed E-state index contributed by atoms with van der Waals surface area (Å²) < 4.78 is 42.3. The molecule has 31 heavy (non-hydrogen) atoms. The van der Waals surface area contributed by atoms with Crippen LogP contribution in [0.25, 0.3) is 0 Å². The van der Waals surface area contributed by atoms with Crippen LogP contribution in [-0.4, -0.2) is 41.7 Å². The number of carbonyl (C=O) groups is 1. The second kappa shape index (κ2) is 10.3. The van der Waals surface area contributed by atoms with Gasteiger partial charge >= 0.3 is 0 Å². The van der Waals surface area contributed by atoms with Crippen molar-refractivity contribution >= 4 is 27.1 Å². The topological polar surface area (TPSA) is 90.9 Å². The van der Waals surface area contributed by atoms with Crippen molar-refractivity contribution in [3.05, 3.63) is 70.9 Å². The molecule has 0 fully saturated rings. The van der Waals surface area contributed by atoms with Crippen LogP contribution in [-0.2, 0) is 14.6 Å². The fourth-order valence-electron chi connectivity index (χ4n) is 2.91. The van der Waals surface area contributed by atoms with E-state index in [-0.39, 0.29) is 18.0 Å². The van der Waals surface area contributed by atoms with Gasteiger partial charge in [-0.25, -0.2) is 8.42 Å². The molecule has 7 nitrogen and oxygen atoms in total. The smallest absolute Gasteiger partial charge is 0.257 e. The Hall–Kier alpha value is -3.04. The number of ether oxygens (including phenoxy) is 3. The molecule has 0 saturated carbocycles. The predicted molar refractivity (Wildman–Crippen MR) is 119 cm³/mol. The maximum atomic E-state index is 13.3. The SMILES string of the molecule is COc1ccc(S(=O)(=O)[C@@H](CNC(=O)COc2ccccc2OC)c2cccs2)cc1. The van der Waals surface area contributed by atoms with Gasteiger partial charge in [0.2, 0.25) is 0 Å². The van der Waals surface area contributed by atoms with Crippen molar-refractivity contribution < 1.29 is 27.4 Å². The van der Waals surface area contributed by atoms with Crippen LogP contribution < -0.4 is 19.5 Å². The van der Waals surface area contributed by atoms with Gasteiger partial charge in [-0.2, -0.15) is 0 Å². The van der Waals surface area contributed by atoms with E-state index in [4.69, 9.17) is 14.2 Å². The zero-order valence-electron chi connectivity index (χ0n) is 17.1. The molecule has 2 aromatic carbocycles. The summed E-state index contributed by atoms with van der Waals surface area (Å²) in [6.45, 7) is -0.344. The fourth-order valence-corrected chi connectivity index (χ4v) is 5.69. The Morgan fingerprint density at radius 2 is 1.68 bits per heavy atom. The molecule has 9 heteroatoms. The van der Waals surface area contributed by atoms with Gasteiger partial charge < -0.3 is 19.5 Å². The van der Waals surface area contributed by atoms with Crippen LogP contribution in [0, 0.1) is 0 Å². The van der Waals surface area contributed by atoms with Crippen LogP contribution in [0.4, 0.5) is 0 Å². The molecular formula is C22H23NO6S2. The lowest BCUT2D eigenvalue weighted by molar-refractivity contribution is -0.123. The lowest BCUT2D eigenvalue weighted by Gasteiger charge is -2.18. The lowest BCUT2D eigenvalue weighted by Crippen LogP contribution is -2.34. The van der Waals surface area contributed by atoms with Gasteiger partial charge in [-0.3, -0.25) is 4.79 Å². The number of methoxy groups -OCH3 is 2. The van der Waals surface area contributed by atoms with E-state index in [0.29, 0.717) is 22.1 Å². The minimum Gasteiger partial charge on any atom is -0.497 e. The third-order valence-corrected chi connectivity index (χ3v) is 7.77. The number of sulfone groups is 1. The van der Waals surface area contributed by atoms with E-state index in [2.05, 4.69) is 5.32 Å². The maximum absolute atomic E-state index is 13.3. The Morgan fingerprint density at radius 3 is 2.29 bits per heavy atom. The van der Waals surface area contributed by atoms with Crippen LogP contribution in [0.5, 0.6) is 17.2 Å². The highest BCUT2D eigenvalue weighted by molar-refractivity contribution is 7.91. The first-order chi connectivity index (χ1) is 15.0. The Labute approximate surface area is 185 Å². The van der Waals surface area contributed by atoms with Crippen molar-refractivity contribution in [2.24, 2.45) is 0 Å². The minimum atomic E-state index is -3.74. The number of hydrogen-bond acceptors (Lipinski definition) is 7. The van der Waals surface area contributed by atoms with Gasteiger partial charge in [0, 0.05) is 11.4 Å². The van der Waals surface area contributed by atoms with Gasteiger partial charge in [0.15, 0.2) is 27.9 Å². The molecule has 1 atom stereocenters. The molecule has 0 spiro atoms. The van der Waals surface area contributed by atoms with Crippen molar-refractivity contribution in [1.82, 2.24) is 5.32 Å². The van der Waals surface area contributed by atoms with E-state index in [9.17, 15) is 13.2 Å². The van der Waals surface area contributed by atoms with Gasteiger partial charge in [-0.1, -0.05) is 18.2 Å². The Bertz CT molecular complexity index is 1100. The predicted octanol–water partition coefficient (Wildman–Crippen LogP) is 3.48. The van der Waals surface area contributed by atoms with Crippen molar-refractivity contribution in [3.8, 4) is 17.2 Å². The van der Waals surface area contributed by atoms with Gasteiger partial charge in [-0.15, -0.1) is 11.3 Å².